The van der Waals surface area contributed by atoms with Gasteiger partial charge in [-0.1, -0.05) is 30.0 Å². The summed E-state index contributed by atoms with van der Waals surface area (Å²) in [6.45, 7) is 2.23. The van der Waals surface area contributed by atoms with Crippen LogP contribution in [0.5, 0.6) is 0 Å². The highest BCUT2D eigenvalue weighted by molar-refractivity contribution is 7.99. The topological polar surface area (TPSA) is 52.3 Å². The largest absolute Gasteiger partial charge is 0.466 e. The van der Waals surface area contributed by atoms with Gasteiger partial charge in [-0.05, 0) is 42.8 Å². The zero-order valence-corrected chi connectivity index (χ0v) is 12.2. The molecule has 0 radical (unpaired) electrons. The van der Waals surface area contributed by atoms with Gasteiger partial charge in [0.2, 0.25) is 0 Å². The van der Waals surface area contributed by atoms with Crippen molar-refractivity contribution < 1.29 is 9.53 Å². The molecule has 0 saturated carbocycles. The van der Waals surface area contributed by atoms with Gasteiger partial charge in [-0.15, -0.1) is 0 Å². The van der Waals surface area contributed by atoms with Crippen molar-refractivity contribution in [3.8, 4) is 0 Å². The number of carbonyl (C=O) groups is 1. The maximum atomic E-state index is 11.4. The Hall–Kier alpha value is -1.94. The lowest BCUT2D eigenvalue weighted by atomic mass is 10.1. The summed E-state index contributed by atoms with van der Waals surface area (Å²) < 4.78 is 4.93. The molecule has 20 heavy (non-hydrogen) atoms. The van der Waals surface area contributed by atoms with Crippen LogP contribution in [-0.2, 0) is 16.0 Å². The number of ether oxygens (including phenoxy) is 1. The summed E-state index contributed by atoms with van der Waals surface area (Å²) in [5, 5.41) is 0. The van der Waals surface area contributed by atoms with Gasteiger partial charge in [-0.3, -0.25) is 4.79 Å². The van der Waals surface area contributed by atoms with E-state index in [9.17, 15) is 4.79 Å². The summed E-state index contributed by atoms with van der Waals surface area (Å²) in [6.07, 6.45) is 0.317. The minimum atomic E-state index is -0.191. The summed E-state index contributed by atoms with van der Waals surface area (Å²) in [5.74, 6) is -0.191. The zero-order chi connectivity index (χ0) is 14.4. The molecule has 0 aromatic heterocycles. The minimum Gasteiger partial charge on any atom is -0.466 e. The Morgan fingerprint density at radius 3 is 2.55 bits per heavy atom. The van der Waals surface area contributed by atoms with Crippen LogP contribution in [0.1, 0.15) is 12.5 Å². The van der Waals surface area contributed by atoms with Crippen LogP contribution in [0, 0.1) is 0 Å². The van der Waals surface area contributed by atoms with E-state index >= 15 is 0 Å². The number of benzene rings is 2. The third-order valence-electron chi connectivity index (χ3n) is 2.67. The quantitative estimate of drug-likeness (QED) is 0.675. The molecule has 104 valence electrons. The lowest BCUT2D eigenvalue weighted by molar-refractivity contribution is -0.142. The number of esters is 1. The average molecular weight is 287 g/mol. The molecule has 0 bridgehead atoms. The van der Waals surface area contributed by atoms with E-state index in [1.165, 1.54) is 0 Å². The van der Waals surface area contributed by atoms with Gasteiger partial charge in [-0.25, -0.2) is 0 Å². The minimum absolute atomic E-state index is 0.191. The average Bonchev–Trinajstić information content (AvgIpc) is 2.41. The van der Waals surface area contributed by atoms with Gasteiger partial charge >= 0.3 is 5.97 Å². The SMILES string of the molecule is CCOC(=O)Cc1ccc(Sc2cccc(N)c2)cc1. The fourth-order valence-corrected chi connectivity index (χ4v) is 2.65. The van der Waals surface area contributed by atoms with Crippen molar-refractivity contribution in [1.29, 1.82) is 0 Å². The van der Waals surface area contributed by atoms with Gasteiger partial charge in [0, 0.05) is 15.5 Å². The van der Waals surface area contributed by atoms with Crippen LogP contribution in [0.3, 0.4) is 0 Å². The van der Waals surface area contributed by atoms with Crippen molar-refractivity contribution in [2.45, 2.75) is 23.1 Å². The molecule has 0 saturated heterocycles. The first-order valence-corrected chi connectivity index (χ1v) is 7.27. The monoisotopic (exact) mass is 287 g/mol. The van der Waals surface area contributed by atoms with Crippen molar-refractivity contribution in [3.63, 3.8) is 0 Å². The summed E-state index contributed by atoms with van der Waals surface area (Å²) in [4.78, 5) is 13.6. The van der Waals surface area contributed by atoms with Crippen molar-refractivity contribution >= 4 is 23.4 Å². The van der Waals surface area contributed by atoms with E-state index in [0.717, 1.165) is 21.0 Å². The second kappa shape index (κ2) is 7.01. The number of rotatable bonds is 5. The summed E-state index contributed by atoms with van der Waals surface area (Å²) in [7, 11) is 0. The van der Waals surface area contributed by atoms with Crippen LogP contribution in [-0.4, -0.2) is 12.6 Å². The van der Waals surface area contributed by atoms with Crippen molar-refractivity contribution in [2.24, 2.45) is 0 Å². The molecule has 0 fully saturated rings. The number of carbonyl (C=O) groups excluding carboxylic acids is 1. The lowest BCUT2D eigenvalue weighted by Crippen LogP contribution is -2.07. The standard InChI is InChI=1S/C16H17NO2S/c1-2-19-16(18)10-12-6-8-14(9-7-12)20-15-5-3-4-13(17)11-15/h3-9,11H,2,10,17H2,1H3. The summed E-state index contributed by atoms with van der Waals surface area (Å²) in [6, 6.07) is 15.7. The Morgan fingerprint density at radius 2 is 1.90 bits per heavy atom. The third-order valence-corrected chi connectivity index (χ3v) is 3.67. The van der Waals surface area contributed by atoms with Gasteiger partial charge in [0.1, 0.15) is 0 Å². The number of nitrogen functional groups attached to an aromatic ring is 1. The molecule has 2 N–H and O–H groups in total. The van der Waals surface area contributed by atoms with Crippen LogP contribution in [0.2, 0.25) is 0 Å². The Balaban J connectivity index is 1.99. The van der Waals surface area contributed by atoms with Crippen LogP contribution >= 0.6 is 11.8 Å². The molecule has 0 aliphatic heterocycles. The Morgan fingerprint density at radius 1 is 1.15 bits per heavy atom. The fourth-order valence-electron chi connectivity index (χ4n) is 1.77. The zero-order valence-electron chi connectivity index (χ0n) is 11.3. The van der Waals surface area contributed by atoms with E-state index in [2.05, 4.69) is 0 Å². The number of nitrogens with two attached hydrogens (primary N) is 1. The van der Waals surface area contributed by atoms with E-state index in [1.54, 1.807) is 11.8 Å². The molecule has 0 atom stereocenters. The normalized spacial score (nSPS) is 10.2. The maximum Gasteiger partial charge on any atom is 0.310 e. The summed E-state index contributed by atoms with van der Waals surface area (Å²) >= 11 is 1.64. The predicted molar refractivity (Wildman–Crippen MR) is 81.8 cm³/mol. The van der Waals surface area contributed by atoms with Crippen LogP contribution in [0.25, 0.3) is 0 Å². The molecular weight excluding hydrogens is 270 g/mol. The molecule has 0 heterocycles. The molecule has 2 aromatic rings. The first kappa shape index (κ1) is 14.5. The van der Waals surface area contributed by atoms with Gasteiger partial charge in [0.05, 0.1) is 13.0 Å². The van der Waals surface area contributed by atoms with Crippen molar-refractivity contribution in [3.05, 3.63) is 54.1 Å². The molecule has 2 rings (SSSR count). The fraction of sp³-hybridized carbons (Fsp3) is 0.188. The number of anilines is 1. The van der Waals surface area contributed by atoms with E-state index in [1.807, 2.05) is 55.5 Å². The Bertz CT molecular complexity index is 581. The Labute approximate surface area is 123 Å². The first-order valence-electron chi connectivity index (χ1n) is 6.45. The molecule has 0 amide bonds. The molecule has 4 heteroatoms. The molecule has 3 nitrogen and oxygen atoms in total. The van der Waals surface area contributed by atoms with E-state index in [4.69, 9.17) is 10.5 Å². The molecule has 2 aromatic carbocycles. The highest BCUT2D eigenvalue weighted by atomic mass is 32.2. The van der Waals surface area contributed by atoms with Gasteiger partial charge in [0.25, 0.3) is 0 Å². The van der Waals surface area contributed by atoms with E-state index < -0.39 is 0 Å². The molecule has 0 aliphatic rings. The van der Waals surface area contributed by atoms with Crippen molar-refractivity contribution in [1.82, 2.24) is 0 Å². The van der Waals surface area contributed by atoms with Crippen LogP contribution in [0.4, 0.5) is 5.69 Å². The smallest absolute Gasteiger partial charge is 0.310 e. The molecule has 0 aliphatic carbocycles. The van der Waals surface area contributed by atoms with Crippen molar-refractivity contribution in [2.75, 3.05) is 12.3 Å². The second-order valence-electron chi connectivity index (χ2n) is 4.30. The van der Waals surface area contributed by atoms with Crippen LogP contribution < -0.4 is 5.73 Å². The molecule has 0 spiro atoms. The first-order chi connectivity index (χ1) is 9.67. The lowest BCUT2D eigenvalue weighted by Gasteiger charge is -2.05. The second-order valence-corrected chi connectivity index (χ2v) is 5.45. The summed E-state index contributed by atoms with van der Waals surface area (Å²) in [5.41, 5.74) is 7.47. The van der Waals surface area contributed by atoms with Gasteiger partial charge in [0.15, 0.2) is 0 Å². The molecule has 0 unspecified atom stereocenters. The van der Waals surface area contributed by atoms with Gasteiger partial charge < -0.3 is 10.5 Å². The number of hydrogen-bond acceptors (Lipinski definition) is 4. The van der Waals surface area contributed by atoms with Gasteiger partial charge in [-0.2, -0.15) is 0 Å². The molecular formula is C16H17NO2S. The third kappa shape index (κ3) is 4.31. The number of hydrogen-bond donors (Lipinski definition) is 1. The highest BCUT2D eigenvalue weighted by Gasteiger charge is 2.04. The highest BCUT2D eigenvalue weighted by Crippen LogP contribution is 2.28. The maximum absolute atomic E-state index is 11.4. The van der Waals surface area contributed by atoms with E-state index in [-0.39, 0.29) is 5.97 Å². The van der Waals surface area contributed by atoms with Crippen LogP contribution in [0.15, 0.2) is 58.3 Å². The Kier molecular flexibility index (Phi) is 5.07. The predicted octanol–water partition coefficient (Wildman–Crippen LogP) is 3.53. The van der Waals surface area contributed by atoms with E-state index in [0.29, 0.717) is 13.0 Å².